The number of piperazine rings is 1. The van der Waals surface area contributed by atoms with Crippen LogP contribution < -0.4 is 9.64 Å². The van der Waals surface area contributed by atoms with Gasteiger partial charge < -0.3 is 24.4 Å². The van der Waals surface area contributed by atoms with Gasteiger partial charge in [0, 0.05) is 42.9 Å². The summed E-state index contributed by atoms with van der Waals surface area (Å²) in [6.45, 7) is 5.78. The van der Waals surface area contributed by atoms with E-state index in [0.29, 0.717) is 47.7 Å². The second-order valence-electron chi connectivity index (χ2n) is 10.4. The quantitative estimate of drug-likeness (QED) is 0.382. The number of anilines is 1. The Morgan fingerprint density at radius 1 is 1.23 bits per heavy atom. The summed E-state index contributed by atoms with van der Waals surface area (Å²) < 4.78 is 22.7. The minimum Gasteiger partial charge on any atom is -0.489 e. The zero-order valence-electron chi connectivity index (χ0n) is 22.2. The average Bonchev–Trinajstić information content (AvgIpc) is 3.32. The number of halogens is 2. The maximum atomic E-state index is 16.4. The monoisotopic (exact) mass is 549 g/mol. The van der Waals surface area contributed by atoms with Crippen LogP contribution in [0, 0.1) is 12.7 Å². The molecule has 1 amide bonds. The predicted molar refractivity (Wildman–Crippen MR) is 150 cm³/mol. The molecule has 9 nitrogen and oxygen atoms in total. The fourth-order valence-electron chi connectivity index (χ4n) is 5.57. The van der Waals surface area contributed by atoms with E-state index in [1.807, 2.05) is 56.0 Å². The number of nitrogens with zero attached hydrogens (tertiary/aromatic N) is 6. The zero-order valence-corrected chi connectivity index (χ0v) is 23.0. The summed E-state index contributed by atoms with van der Waals surface area (Å²) in [6, 6.07) is 3.52. The third kappa shape index (κ3) is 4.18. The molecule has 2 aliphatic rings. The maximum Gasteiger partial charge on any atom is 0.246 e. The number of carbonyl (C=O) groups excluding carboxylic acids is 1. The van der Waals surface area contributed by atoms with Crippen LogP contribution in [0.5, 0.6) is 5.75 Å². The largest absolute Gasteiger partial charge is 0.489 e. The number of fused-ring (bicyclic) bond motifs is 3. The highest BCUT2D eigenvalue weighted by Crippen LogP contribution is 2.49. The normalized spacial score (nSPS) is 19.2. The van der Waals surface area contributed by atoms with Crippen LogP contribution >= 0.6 is 11.6 Å². The Hall–Kier alpha value is -3.76. The summed E-state index contributed by atoms with van der Waals surface area (Å²) in [5.74, 6) is 0.307. The van der Waals surface area contributed by atoms with Crippen LogP contribution in [0.25, 0.3) is 33.1 Å². The Bertz CT molecular complexity index is 1640. The van der Waals surface area contributed by atoms with E-state index >= 15 is 4.39 Å². The second-order valence-corrected chi connectivity index (χ2v) is 10.8. The lowest BCUT2D eigenvalue weighted by molar-refractivity contribution is -0.129. The molecule has 1 saturated heterocycles. The molecule has 1 N–H and O–H groups in total. The van der Waals surface area contributed by atoms with E-state index in [0.717, 1.165) is 11.1 Å². The summed E-state index contributed by atoms with van der Waals surface area (Å²) in [4.78, 5) is 35.4. The molecule has 4 aromatic rings. The molecule has 1 fully saturated rings. The van der Waals surface area contributed by atoms with Crippen molar-refractivity contribution in [1.29, 1.82) is 0 Å². The SMILES string of the molecule is Cc1ccc2[nH]cnc2c1-c1c(Cl)c2c3c(ncnc3c1F)N1C[C@@H](C)N(C(=O)/C=C/CN(C)C)C[C@H]1CO2. The van der Waals surface area contributed by atoms with Gasteiger partial charge in [0.2, 0.25) is 5.91 Å². The van der Waals surface area contributed by atoms with Gasteiger partial charge in [-0.05, 0) is 39.6 Å². The van der Waals surface area contributed by atoms with Crippen molar-refractivity contribution in [2.75, 3.05) is 45.2 Å². The van der Waals surface area contributed by atoms with Crippen LogP contribution in [-0.2, 0) is 4.79 Å². The molecular formula is C28H29ClFN7O2. The topological polar surface area (TPSA) is 90.5 Å². The summed E-state index contributed by atoms with van der Waals surface area (Å²) in [6.07, 6.45) is 6.44. The highest BCUT2D eigenvalue weighted by Gasteiger charge is 2.39. The van der Waals surface area contributed by atoms with Crippen LogP contribution in [-0.4, -0.2) is 88.1 Å². The molecule has 0 saturated carbocycles. The fourth-order valence-corrected chi connectivity index (χ4v) is 5.90. The van der Waals surface area contributed by atoms with Gasteiger partial charge in [0.1, 0.15) is 24.3 Å². The summed E-state index contributed by atoms with van der Waals surface area (Å²) >= 11 is 6.98. The van der Waals surface area contributed by atoms with E-state index in [1.54, 1.807) is 12.4 Å². The Labute approximate surface area is 230 Å². The van der Waals surface area contributed by atoms with Crippen molar-refractivity contribution in [1.82, 2.24) is 29.7 Å². The standard InChI is InChI=1S/C28H29ClFN7O2/c1-15-7-8-18-25(32-13-31-18)20(15)21-23(29)27-22-26(24(21)30)33-14-34-28(22)37-10-16(2)36(11-17(37)12-39-27)19(38)6-5-9-35(3)4/h5-8,13-14,16-17H,9-12H2,1-4H3,(H,31,32)/b6-5+/t16-,17+/m1/s1. The molecule has 6 rings (SSSR count). The van der Waals surface area contributed by atoms with Crippen molar-refractivity contribution < 1.29 is 13.9 Å². The number of aromatic amines is 1. The number of nitrogens with one attached hydrogen (secondary N) is 1. The Balaban J connectivity index is 1.45. The van der Waals surface area contributed by atoms with Gasteiger partial charge in [0.15, 0.2) is 11.6 Å². The minimum absolute atomic E-state index is 0.0486. The van der Waals surface area contributed by atoms with Crippen molar-refractivity contribution in [2.24, 2.45) is 0 Å². The molecule has 0 spiro atoms. The number of imidazole rings is 1. The van der Waals surface area contributed by atoms with Gasteiger partial charge in [-0.25, -0.2) is 19.3 Å². The highest BCUT2D eigenvalue weighted by atomic mass is 35.5. The smallest absolute Gasteiger partial charge is 0.246 e. The predicted octanol–water partition coefficient (Wildman–Crippen LogP) is 4.19. The lowest BCUT2D eigenvalue weighted by Crippen LogP contribution is -2.60. The van der Waals surface area contributed by atoms with Gasteiger partial charge in [0.25, 0.3) is 0 Å². The average molecular weight is 550 g/mol. The first-order valence-electron chi connectivity index (χ1n) is 12.9. The van der Waals surface area contributed by atoms with E-state index in [9.17, 15) is 4.79 Å². The van der Waals surface area contributed by atoms with Crippen LogP contribution in [0.1, 0.15) is 12.5 Å². The molecule has 2 aromatic heterocycles. The van der Waals surface area contributed by atoms with E-state index in [4.69, 9.17) is 16.3 Å². The van der Waals surface area contributed by atoms with Gasteiger partial charge >= 0.3 is 0 Å². The van der Waals surface area contributed by atoms with Crippen LogP contribution in [0.2, 0.25) is 5.02 Å². The molecule has 0 aliphatic carbocycles. The number of H-pyrrole nitrogens is 1. The number of aromatic nitrogens is 4. The third-order valence-electron chi connectivity index (χ3n) is 7.50. The van der Waals surface area contributed by atoms with E-state index in [1.165, 1.54) is 6.33 Å². The van der Waals surface area contributed by atoms with E-state index < -0.39 is 5.82 Å². The molecule has 39 heavy (non-hydrogen) atoms. The molecule has 2 aromatic carbocycles. The van der Waals surface area contributed by atoms with Gasteiger partial charge in [-0.15, -0.1) is 0 Å². The first kappa shape index (κ1) is 25.5. The second kappa shape index (κ2) is 9.77. The molecule has 0 unspecified atom stereocenters. The Morgan fingerprint density at radius 3 is 2.85 bits per heavy atom. The molecule has 202 valence electrons. The van der Waals surface area contributed by atoms with Crippen LogP contribution in [0.3, 0.4) is 0 Å². The molecule has 4 heterocycles. The number of rotatable bonds is 4. The van der Waals surface area contributed by atoms with Crippen molar-refractivity contribution in [2.45, 2.75) is 25.9 Å². The minimum atomic E-state index is -0.545. The third-order valence-corrected chi connectivity index (χ3v) is 7.86. The van der Waals surface area contributed by atoms with Gasteiger partial charge in [-0.3, -0.25) is 4.79 Å². The van der Waals surface area contributed by atoms with Gasteiger partial charge in [-0.1, -0.05) is 23.7 Å². The summed E-state index contributed by atoms with van der Waals surface area (Å²) in [5, 5.41) is 0.595. The first-order valence-corrected chi connectivity index (χ1v) is 13.2. The molecule has 0 bridgehead atoms. The summed E-state index contributed by atoms with van der Waals surface area (Å²) in [5.41, 5.74) is 3.15. The van der Waals surface area contributed by atoms with Crippen molar-refractivity contribution in [3.63, 3.8) is 0 Å². The molecule has 11 heteroatoms. The van der Waals surface area contributed by atoms with Crippen molar-refractivity contribution >= 4 is 45.3 Å². The van der Waals surface area contributed by atoms with Crippen LogP contribution in [0.15, 0.2) is 36.9 Å². The van der Waals surface area contributed by atoms with Crippen molar-refractivity contribution in [3.05, 3.63) is 53.3 Å². The van der Waals surface area contributed by atoms with Gasteiger partial charge in [0.05, 0.1) is 33.8 Å². The number of hydrogen-bond donors (Lipinski definition) is 1. The Morgan fingerprint density at radius 2 is 2.05 bits per heavy atom. The first-order chi connectivity index (χ1) is 18.8. The maximum absolute atomic E-state index is 16.4. The number of carbonyl (C=O) groups is 1. The fraction of sp³-hybridized carbons (Fsp3) is 0.357. The van der Waals surface area contributed by atoms with Gasteiger partial charge in [-0.2, -0.15) is 0 Å². The number of hydrogen-bond acceptors (Lipinski definition) is 7. The van der Waals surface area contributed by atoms with E-state index in [2.05, 4.69) is 24.8 Å². The lowest BCUT2D eigenvalue weighted by Gasteiger charge is -2.44. The number of likely N-dealkylation sites (N-methyl/N-ethyl adjacent to an activating group) is 1. The molecular weight excluding hydrogens is 521 g/mol. The van der Waals surface area contributed by atoms with Crippen molar-refractivity contribution in [3.8, 4) is 16.9 Å². The number of ether oxygens (including phenoxy) is 1. The zero-order chi connectivity index (χ0) is 27.4. The molecule has 2 aliphatic heterocycles. The number of amides is 1. The number of benzene rings is 2. The summed E-state index contributed by atoms with van der Waals surface area (Å²) in [7, 11) is 3.91. The van der Waals surface area contributed by atoms with E-state index in [-0.39, 0.29) is 40.7 Å². The lowest BCUT2D eigenvalue weighted by atomic mass is 9.96. The van der Waals surface area contributed by atoms with Crippen LogP contribution in [0.4, 0.5) is 10.2 Å². The molecule has 0 radical (unpaired) electrons. The molecule has 2 atom stereocenters. The Kier molecular flexibility index (Phi) is 6.39. The number of aryl methyl sites for hydroxylation is 1. The highest BCUT2D eigenvalue weighted by molar-refractivity contribution is 6.37.